The van der Waals surface area contributed by atoms with Crippen LogP contribution in [0.25, 0.3) is 21.9 Å². The molecule has 3 aromatic rings. The normalized spacial score (nSPS) is 34.6. The lowest BCUT2D eigenvalue weighted by Crippen LogP contribution is -2.61. The molecule has 1 aromatic heterocycles. The third-order valence-corrected chi connectivity index (χ3v) is 6.45. The van der Waals surface area contributed by atoms with Crippen LogP contribution in [0.3, 0.4) is 0 Å². The molecule has 0 radical (unpaired) electrons. The first-order valence-corrected chi connectivity index (χ1v) is 11.5. The Morgan fingerprint density at radius 2 is 1.62 bits per heavy atom. The van der Waals surface area contributed by atoms with Gasteiger partial charge in [0, 0.05) is 0 Å². The molecule has 0 amide bonds. The van der Waals surface area contributed by atoms with Gasteiger partial charge in [-0.15, -0.1) is 0 Å². The first-order chi connectivity index (χ1) is 17.7. The van der Waals surface area contributed by atoms with Gasteiger partial charge in [-0.1, -0.05) is 6.07 Å². The summed E-state index contributed by atoms with van der Waals surface area (Å²) < 4.78 is 27.5. The average Bonchev–Trinajstić information content (AvgIpc) is 2.88. The van der Waals surface area contributed by atoms with Gasteiger partial charge in [0.25, 0.3) is 0 Å². The zero-order chi connectivity index (χ0) is 26.4. The molecule has 9 atom stereocenters. The number of rotatable bonds is 5. The maximum atomic E-state index is 13.0. The van der Waals surface area contributed by atoms with Gasteiger partial charge in [-0.25, -0.2) is 0 Å². The van der Waals surface area contributed by atoms with Crippen LogP contribution in [0.2, 0.25) is 0 Å². The Labute approximate surface area is 208 Å². The Kier molecular flexibility index (Phi) is 7.06. The SMILES string of the molecule is O=c1c2cc(O[C@H]3O[C@@H](CO[C@H]4OC[C@@H](O)[C@@H](O)[C@@H]4O)[C@H](O)[C@@H](O)[C@@H]3O)ccc2oc2cccc(O)c12. The molecule has 0 unspecified atom stereocenters. The number of aliphatic hydroxyl groups excluding tert-OH is 6. The number of phenols is 1. The van der Waals surface area contributed by atoms with Crippen molar-refractivity contribution in [3.8, 4) is 11.5 Å². The highest BCUT2D eigenvalue weighted by molar-refractivity contribution is 5.93. The van der Waals surface area contributed by atoms with Crippen molar-refractivity contribution in [1.29, 1.82) is 0 Å². The molecule has 0 aliphatic carbocycles. The van der Waals surface area contributed by atoms with Gasteiger partial charge < -0.3 is 59.1 Å². The molecule has 2 saturated heterocycles. The largest absolute Gasteiger partial charge is 0.507 e. The van der Waals surface area contributed by atoms with Crippen molar-refractivity contribution in [2.75, 3.05) is 13.2 Å². The number of hydrogen-bond donors (Lipinski definition) is 7. The van der Waals surface area contributed by atoms with E-state index in [0.29, 0.717) is 0 Å². The topological polar surface area (TPSA) is 209 Å². The molecule has 37 heavy (non-hydrogen) atoms. The monoisotopic (exact) mass is 522 g/mol. The van der Waals surface area contributed by atoms with E-state index in [4.69, 9.17) is 23.4 Å². The van der Waals surface area contributed by atoms with E-state index in [1.165, 1.54) is 30.3 Å². The van der Waals surface area contributed by atoms with Crippen molar-refractivity contribution in [3.63, 3.8) is 0 Å². The average molecular weight is 522 g/mol. The smallest absolute Gasteiger partial charge is 0.229 e. The zero-order valence-corrected chi connectivity index (χ0v) is 19.2. The van der Waals surface area contributed by atoms with Crippen LogP contribution in [-0.2, 0) is 14.2 Å². The summed E-state index contributed by atoms with van der Waals surface area (Å²) in [6, 6.07) is 8.66. The van der Waals surface area contributed by atoms with Gasteiger partial charge in [-0.05, 0) is 30.3 Å². The van der Waals surface area contributed by atoms with Crippen LogP contribution < -0.4 is 10.2 Å². The first-order valence-electron chi connectivity index (χ1n) is 11.5. The number of ether oxygens (including phenoxy) is 4. The standard InChI is InChI=1S/C24H26O13/c25-11-2-1-3-14-16(11)17(27)10-6-9(4-5-13(10)36-14)35-24-22(32)20(30)19(29)15(37-24)8-34-23-21(31)18(28)12(26)7-33-23/h1-6,12,15,18-26,28-32H,7-8H2/t12-,15+,18-,19+,20-,21+,22+,23-,24+/m1/s1. The van der Waals surface area contributed by atoms with Crippen LogP contribution in [0.4, 0.5) is 0 Å². The predicted octanol–water partition coefficient (Wildman–Crippen LogP) is -1.71. The number of aromatic hydroxyl groups is 1. The van der Waals surface area contributed by atoms with E-state index < -0.39 is 67.3 Å². The molecule has 3 heterocycles. The third kappa shape index (κ3) is 4.77. The zero-order valence-electron chi connectivity index (χ0n) is 19.2. The van der Waals surface area contributed by atoms with Gasteiger partial charge >= 0.3 is 0 Å². The molecule has 13 nitrogen and oxygen atoms in total. The van der Waals surface area contributed by atoms with E-state index in [0.717, 1.165) is 0 Å². The highest BCUT2D eigenvalue weighted by Gasteiger charge is 2.46. The molecule has 7 N–H and O–H groups in total. The van der Waals surface area contributed by atoms with Gasteiger partial charge in [-0.2, -0.15) is 0 Å². The summed E-state index contributed by atoms with van der Waals surface area (Å²) in [5.41, 5.74) is -0.0862. The molecule has 5 rings (SSSR count). The summed E-state index contributed by atoms with van der Waals surface area (Å²) in [5, 5.41) is 70.6. The van der Waals surface area contributed by atoms with E-state index in [-0.39, 0.29) is 40.0 Å². The fourth-order valence-electron chi connectivity index (χ4n) is 4.34. The second-order valence-corrected chi connectivity index (χ2v) is 8.96. The highest BCUT2D eigenvalue weighted by Crippen LogP contribution is 2.30. The number of benzene rings is 2. The van der Waals surface area contributed by atoms with E-state index in [1.54, 1.807) is 6.07 Å². The van der Waals surface area contributed by atoms with E-state index in [1.807, 2.05) is 0 Å². The lowest BCUT2D eigenvalue weighted by molar-refractivity contribution is -0.307. The Balaban J connectivity index is 1.34. The number of aliphatic hydroxyl groups is 6. The summed E-state index contributed by atoms with van der Waals surface area (Å²) in [7, 11) is 0. The van der Waals surface area contributed by atoms with Gasteiger partial charge in [-0.3, -0.25) is 4.79 Å². The molecule has 0 saturated carbocycles. The fraction of sp³-hybridized carbons (Fsp3) is 0.458. The Morgan fingerprint density at radius 3 is 2.41 bits per heavy atom. The summed E-state index contributed by atoms with van der Waals surface area (Å²) >= 11 is 0. The van der Waals surface area contributed by atoms with Crippen LogP contribution in [0.1, 0.15) is 0 Å². The molecule has 0 spiro atoms. The van der Waals surface area contributed by atoms with Crippen molar-refractivity contribution in [1.82, 2.24) is 0 Å². The van der Waals surface area contributed by atoms with Crippen molar-refractivity contribution in [2.45, 2.75) is 55.3 Å². The second kappa shape index (κ2) is 10.1. The first kappa shape index (κ1) is 25.8. The van der Waals surface area contributed by atoms with Crippen LogP contribution in [-0.4, -0.2) is 104 Å². The minimum Gasteiger partial charge on any atom is -0.507 e. The highest BCUT2D eigenvalue weighted by atomic mass is 16.7. The lowest BCUT2D eigenvalue weighted by Gasteiger charge is -2.41. The molecular formula is C24H26O13. The van der Waals surface area contributed by atoms with E-state index in [9.17, 15) is 40.5 Å². The van der Waals surface area contributed by atoms with Crippen molar-refractivity contribution in [2.24, 2.45) is 0 Å². The van der Waals surface area contributed by atoms with Crippen molar-refractivity contribution < 1.29 is 59.1 Å². The molecule has 200 valence electrons. The molecule has 2 aliphatic heterocycles. The number of phenolic OH excluding ortho intramolecular Hbond substituents is 1. The van der Waals surface area contributed by atoms with Crippen LogP contribution in [0, 0.1) is 0 Å². The molecule has 2 fully saturated rings. The van der Waals surface area contributed by atoms with Crippen molar-refractivity contribution in [3.05, 3.63) is 46.6 Å². The minimum atomic E-state index is -1.71. The third-order valence-electron chi connectivity index (χ3n) is 6.45. The fourth-order valence-corrected chi connectivity index (χ4v) is 4.34. The van der Waals surface area contributed by atoms with Crippen molar-refractivity contribution >= 4 is 21.9 Å². The Hall–Kier alpha value is -2.85. The van der Waals surface area contributed by atoms with Crippen LogP contribution in [0.5, 0.6) is 11.5 Å². The van der Waals surface area contributed by atoms with Gasteiger partial charge in [0.05, 0.1) is 18.6 Å². The summed E-state index contributed by atoms with van der Waals surface area (Å²) in [6.07, 6.45) is -13.5. The summed E-state index contributed by atoms with van der Waals surface area (Å²) in [5.74, 6) is -0.190. The summed E-state index contributed by atoms with van der Waals surface area (Å²) in [6.45, 7) is -0.741. The van der Waals surface area contributed by atoms with Crippen LogP contribution in [0.15, 0.2) is 45.6 Å². The van der Waals surface area contributed by atoms with Gasteiger partial charge in [0.2, 0.25) is 11.7 Å². The number of hydrogen-bond acceptors (Lipinski definition) is 13. The molecule has 2 aliphatic rings. The maximum absolute atomic E-state index is 13.0. The van der Waals surface area contributed by atoms with Gasteiger partial charge in [0.1, 0.15) is 70.8 Å². The number of fused-ring (bicyclic) bond motifs is 2. The second-order valence-electron chi connectivity index (χ2n) is 8.96. The maximum Gasteiger partial charge on any atom is 0.229 e. The molecular weight excluding hydrogens is 496 g/mol. The predicted molar refractivity (Wildman–Crippen MR) is 123 cm³/mol. The molecule has 13 heteroatoms. The van der Waals surface area contributed by atoms with E-state index >= 15 is 0 Å². The lowest BCUT2D eigenvalue weighted by atomic mass is 9.99. The molecule has 0 bridgehead atoms. The van der Waals surface area contributed by atoms with Crippen LogP contribution >= 0.6 is 0 Å². The van der Waals surface area contributed by atoms with E-state index in [2.05, 4.69) is 0 Å². The minimum absolute atomic E-state index is 0.0124. The Morgan fingerprint density at radius 1 is 0.865 bits per heavy atom. The quantitative estimate of drug-likeness (QED) is 0.187. The Bertz CT molecular complexity index is 1330. The molecule has 2 aromatic carbocycles. The van der Waals surface area contributed by atoms with Gasteiger partial charge in [0.15, 0.2) is 6.29 Å². The summed E-state index contributed by atoms with van der Waals surface area (Å²) in [4.78, 5) is 13.0.